The van der Waals surface area contributed by atoms with Crippen LogP contribution < -0.4 is 26.8 Å². The van der Waals surface area contributed by atoms with Crippen LogP contribution >= 0.6 is 0 Å². The van der Waals surface area contributed by atoms with Crippen LogP contribution in [0, 0.1) is 35.5 Å². The van der Waals surface area contributed by atoms with Crippen molar-refractivity contribution in [3.63, 3.8) is 0 Å². The molecule has 2 amide bonds. The van der Waals surface area contributed by atoms with Gasteiger partial charge in [-0.1, -0.05) is 55.4 Å². The zero-order chi connectivity index (χ0) is 47.4. The highest BCUT2D eigenvalue weighted by Crippen LogP contribution is 2.21. The molecule has 0 spiro atoms. The number of nitrogens with two attached hydrogens (primary N) is 2. The lowest BCUT2D eigenvalue weighted by atomic mass is 9.88. The average molecular weight is 863 g/mol. The summed E-state index contributed by atoms with van der Waals surface area (Å²) in [6.07, 6.45) is 3.41. The fraction of sp³-hybridized carbons (Fsp3) is 0.750. The van der Waals surface area contributed by atoms with Gasteiger partial charge in [0.15, 0.2) is 0 Å². The van der Waals surface area contributed by atoms with Crippen LogP contribution in [0.4, 0.5) is 0 Å². The molecule has 346 valence electrons. The minimum atomic E-state index is -1.04. The molecule has 0 aliphatic heterocycles. The third kappa shape index (κ3) is 28.5. The number of carbonyl (C=O) groups is 8. The lowest BCUT2D eigenvalue weighted by Crippen LogP contribution is -2.46. The van der Waals surface area contributed by atoms with Gasteiger partial charge in [-0.3, -0.25) is 28.8 Å². The van der Waals surface area contributed by atoms with Gasteiger partial charge in [-0.2, -0.15) is 4.79 Å². The smallest absolute Gasteiger partial charge is 0.334 e. The van der Waals surface area contributed by atoms with Gasteiger partial charge >= 0.3 is 24.4 Å². The first-order valence-electron chi connectivity index (χ1n) is 21.4. The Labute approximate surface area is 363 Å². The van der Waals surface area contributed by atoms with Crippen LogP contribution in [0.25, 0.3) is 5.53 Å². The summed E-state index contributed by atoms with van der Waals surface area (Å²) in [7, 11) is 0. The van der Waals surface area contributed by atoms with Crippen molar-refractivity contribution in [1.82, 2.24) is 15.3 Å². The van der Waals surface area contributed by atoms with Gasteiger partial charge in [-0.05, 0) is 83.0 Å². The molecule has 0 aromatic rings. The summed E-state index contributed by atoms with van der Waals surface area (Å²) in [6, 6.07) is -3.29. The molecule has 0 rings (SSSR count). The van der Waals surface area contributed by atoms with E-state index in [4.69, 9.17) is 26.5 Å². The molecule has 17 nitrogen and oxygen atoms in total. The third-order valence-corrected chi connectivity index (χ3v) is 9.06. The van der Waals surface area contributed by atoms with E-state index in [1.54, 1.807) is 20.8 Å². The summed E-state index contributed by atoms with van der Waals surface area (Å²) in [4.78, 5) is 102. The van der Waals surface area contributed by atoms with E-state index in [-0.39, 0.29) is 92.3 Å². The minimum absolute atomic E-state index is 0.00417. The van der Waals surface area contributed by atoms with Crippen molar-refractivity contribution < 1.29 is 52.6 Å². The van der Waals surface area contributed by atoms with Crippen molar-refractivity contribution in [2.45, 2.75) is 171 Å². The first-order valence-corrected chi connectivity index (χ1v) is 21.4. The van der Waals surface area contributed by atoms with E-state index in [1.165, 1.54) is 0 Å². The molecule has 0 aromatic heterocycles. The fourth-order valence-electron chi connectivity index (χ4n) is 6.27. The molecule has 0 saturated heterocycles. The van der Waals surface area contributed by atoms with Crippen LogP contribution in [-0.4, -0.2) is 108 Å². The summed E-state index contributed by atoms with van der Waals surface area (Å²) < 4.78 is 13.6. The number of hydrogen-bond donors (Lipinski definition) is 4. The molecule has 0 saturated carbocycles. The zero-order valence-corrected chi connectivity index (χ0v) is 38.6. The van der Waals surface area contributed by atoms with Crippen molar-refractivity contribution in [3.05, 3.63) is 5.53 Å². The van der Waals surface area contributed by atoms with Gasteiger partial charge in [-0.15, -0.1) is 4.67 Å². The summed E-state index contributed by atoms with van der Waals surface area (Å²) >= 11 is 0. The maximum absolute atomic E-state index is 13.0. The Kier molecular flexibility index (Phi) is 30.7. The van der Waals surface area contributed by atoms with Gasteiger partial charge in [0.05, 0.1) is 24.8 Å². The Morgan fingerprint density at radius 3 is 1.33 bits per heavy atom. The maximum Gasteiger partial charge on any atom is 0.334 e. The second-order valence-corrected chi connectivity index (χ2v) is 17.4. The number of Topliss-reactive ketones (excluding diaryl/α,β-unsaturated/α-hetero) is 4. The number of amides is 2. The summed E-state index contributed by atoms with van der Waals surface area (Å²) in [5.74, 6) is -3.70. The summed E-state index contributed by atoms with van der Waals surface area (Å²) in [5, 5.41) is 5.32. The second-order valence-electron chi connectivity index (χ2n) is 17.4. The van der Waals surface area contributed by atoms with Crippen molar-refractivity contribution in [1.29, 1.82) is 0 Å². The van der Waals surface area contributed by atoms with E-state index < -0.39 is 65.5 Å². The maximum atomic E-state index is 13.0. The number of nitrogens with zero attached hydrogens (tertiary/aromatic N) is 3. The molecule has 0 radical (unpaired) electrons. The van der Waals surface area contributed by atoms with Crippen LogP contribution in [0.3, 0.4) is 0 Å². The van der Waals surface area contributed by atoms with Crippen molar-refractivity contribution in [2.75, 3.05) is 6.61 Å². The van der Waals surface area contributed by atoms with Crippen molar-refractivity contribution in [2.24, 2.45) is 47.0 Å². The van der Waals surface area contributed by atoms with Gasteiger partial charge in [0.2, 0.25) is 23.4 Å². The molecule has 0 unspecified atom stereocenters. The topological polar surface area (TPSA) is 282 Å². The highest BCUT2D eigenvalue weighted by molar-refractivity contribution is 6.27. The molecule has 6 atom stereocenters. The third-order valence-electron chi connectivity index (χ3n) is 9.06. The predicted octanol–water partition coefficient (Wildman–Crippen LogP) is 3.28. The van der Waals surface area contributed by atoms with Gasteiger partial charge < -0.3 is 37.1 Å². The highest BCUT2D eigenvalue weighted by Gasteiger charge is 2.32. The van der Waals surface area contributed by atoms with Crippen LogP contribution in [-0.2, 0) is 47.8 Å². The fourth-order valence-corrected chi connectivity index (χ4v) is 6.27. The standard InChI is InChI=1S/C23H39N3O5.C21H36N4O5/c1-14(2)10-17(12-21(28)19(24)11-15(3)4)22(29)26-20(23(30)31-16(5)6)9-8-18(27)13-25-7;1-6-30-21(29)18(8-7-16(26)12-24-23)25-20(28)15(9-13(2)3)11-19(27)17(22)10-14(4)5/h13-17,19-20H,7-12,24H2,1-6H3;12-15,17-18H,6-11,22H2,1-5H3,(H,25,28)/p+1/t17-,19+,20+;15-,17+,18+/m11/s1. The van der Waals surface area contributed by atoms with Crippen LogP contribution in [0.1, 0.15) is 140 Å². The van der Waals surface area contributed by atoms with Crippen molar-refractivity contribution >= 4 is 66.0 Å². The van der Waals surface area contributed by atoms with E-state index in [9.17, 15) is 38.4 Å². The van der Waals surface area contributed by atoms with Gasteiger partial charge in [-0.25, -0.2) is 9.59 Å². The second kappa shape index (κ2) is 32.1. The molecular formula is C44H76N7O10+. The largest absolute Gasteiger partial charge is 0.464 e. The Bertz CT molecular complexity index is 1530. The molecule has 17 heteroatoms. The summed E-state index contributed by atoms with van der Waals surface area (Å²) in [6.45, 7) is 24.1. The number of nitrogens with one attached hydrogen (secondary N) is 2. The lowest BCUT2D eigenvalue weighted by Gasteiger charge is -2.24. The van der Waals surface area contributed by atoms with Gasteiger partial charge in [0.25, 0.3) is 6.72 Å². The van der Waals surface area contributed by atoms with Crippen LogP contribution in [0.5, 0.6) is 0 Å². The molecule has 0 aromatic carbocycles. The van der Waals surface area contributed by atoms with E-state index in [0.29, 0.717) is 25.7 Å². The highest BCUT2D eigenvalue weighted by atomic mass is 16.5. The van der Waals surface area contributed by atoms with Crippen LogP contribution in [0.15, 0.2) is 0 Å². The van der Waals surface area contributed by atoms with E-state index in [0.717, 1.165) is 12.4 Å². The Morgan fingerprint density at radius 2 is 1.00 bits per heavy atom. The number of esters is 2. The molecule has 0 heterocycles. The molecule has 0 aliphatic rings. The molecule has 0 fully saturated rings. The minimum Gasteiger partial charge on any atom is -0.464 e. The lowest BCUT2D eigenvalue weighted by molar-refractivity contribution is -0.152. The molecular weight excluding hydrogens is 787 g/mol. The number of ether oxygens (including phenoxy) is 2. The molecule has 0 bridgehead atoms. The zero-order valence-electron chi connectivity index (χ0n) is 38.6. The molecule has 61 heavy (non-hydrogen) atoms. The first kappa shape index (κ1) is 58.4. The number of ketones is 4. The van der Waals surface area contributed by atoms with E-state index in [2.05, 4.69) is 26.8 Å². The van der Waals surface area contributed by atoms with E-state index >= 15 is 0 Å². The first-order chi connectivity index (χ1) is 28.4. The van der Waals surface area contributed by atoms with Gasteiger partial charge in [0.1, 0.15) is 23.7 Å². The van der Waals surface area contributed by atoms with Crippen molar-refractivity contribution in [3.8, 4) is 0 Å². The summed E-state index contributed by atoms with van der Waals surface area (Å²) in [5.41, 5.74) is 20.4. The molecule has 0 aliphatic carbocycles. The average Bonchev–Trinajstić information content (AvgIpc) is 3.13. The Hall–Kier alpha value is -4.69. The van der Waals surface area contributed by atoms with Crippen LogP contribution in [0.2, 0.25) is 0 Å². The molecule has 6 N–H and O–H groups in total. The van der Waals surface area contributed by atoms with E-state index in [1.807, 2.05) is 55.4 Å². The monoisotopic (exact) mass is 863 g/mol. The Morgan fingerprint density at radius 1 is 0.623 bits per heavy atom. The number of hydrogen-bond acceptors (Lipinski definition) is 12. The number of rotatable bonds is 30. The predicted molar refractivity (Wildman–Crippen MR) is 235 cm³/mol. The Balaban J connectivity index is 0. The quantitative estimate of drug-likeness (QED) is 0.0350. The number of carbonyl (C=O) groups excluding carboxylic acids is 8. The van der Waals surface area contributed by atoms with Gasteiger partial charge in [0, 0.05) is 37.5 Å². The SMILES string of the molecule is C=[N+]=CC(=O)CC[C@H](NC(=O)[C@@H](CC(=O)[C@@H](N)CC(C)C)CC(C)C)C(=O)OC(C)C.CCOC(=O)[C@H](CCC(=O)C=[N+]=[N-])NC(=O)[C@@H](CC(=O)[C@@H](N)CC(C)C)CC(C)C. The normalized spacial score (nSPS) is 13.9.